The van der Waals surface area contributed by atoms with E-state index >= 15 is 0 Å². The van der Waals surface area contributed by atoms with Crippen LogP contribution in [0.2, 0.25) is 0 Å². The largest absolute Gasteiger partial charge is 0.484 e. The Hall–Kier alpha value is -1.98. The molecule has 2 heterocycles. The Morgan fingerprint density at radius 2 is 2.17 bits per heavy atom. The minimum Gasteiger partial charge on any atom is -0.484 e. The Morgan fingerprint density at radius 3 is 2.83 bits per heavy atom. The molecule has 1 atom stereocenters. The van der Waals surface area contributed by atoms with Gasteiger partial charge in [0.05, 0.1) is 12.7 Å². The Labute approximate surface area is 191 Å². The van der Waals surface area contributed by atoms with Crippen molar-refractivity contribution in [1.82, 2.24) is 20.0 Å². The van der Waals surface area contributed by atoms with E-state index in [0.29, 0.717) is 12.5 Å². The third-order valence-electron chi connectivity index (χ3n) is 4.73. The minimum absolute atomic E-state index is 0. The van der Waals surface area contributed by atoms with Crippen LogP contribution in [0.3, 0.4) is 0 Å². The summed E-state index contributed by atoms with van der Waals surface area (Å²) in [6.45, 7) is 3.55. The summed E-state index contributed by atoms with van der Waals surface area (Å²) in [7, 11) is 1.91. The van der Waals surface area contributed by atoms with Crippen LogP contribution in [-0.2, 0) is 13.6 Å². The Morgan fingerprint density at radius 1 is 1.37 bits per heavy atom. The van der Waals surface area contributed by atoms with E-state index in [9.17, 15) is 13.2 Å². The summed E-state index contributed by atoms with van der Waals surface area (Å²) in [6, 6.07) is 6.62. The molecule has 0 bridgehead atoms. The fraction of sp³-hybridized carbons (Fsp3) is 0.500. The second kappa shape index (κ2) is 10.9. The van der Waals surface area contributed by atoms with Crippen LogP contribution < -0.4 is 10.1 Å². The van der Waals surface area contributed by atoms with E-state index in [1.54, 1.807) is 12.1 Å². The second-order valence-corrected chi connectivity index (χ2v) is 7.10. The fourth-order valence-corrected chi connectivity index (χ4v) is 3.37. The maximum absolute atomic E-state index is 12.3. The molecule has 1 unspecified atom stereocenters. The lowest BCUT2D eigenvalue weighted by atomic mass is 10.0. The molecule has 2 aromatic rings. The highest BCUT2D eigenvalue weighted by molar-refractivity contribution is 14.0. The highest BCUT2D eigenvalue weighted by Gasteiger charge is 2.28. The quantitative estimate of drug-likeness (QED) is 0.345. The lowest BCUT2D eigenvalue weighted by molar-refractivity contribution is -0.153. The molecule has 10 heteroatoms. The number of hydrogen-bond acceptors (Lipinski definition) is 3. The van der Waals surface area contributed by atoms with E-state index in [4.69, 9.17) is 4.74 Å². The number of guanidine groups is 1. The molecule has 0 saturated carbocycles. The van der Waals surface area contributed by atoms with E-state index in [0.717, 1.165) is 37.6 Å². The van der Waals surface area contributed by atoms with Crippen molar-refractivity contribution in [3.8, 4) is 5.75 Å². The van der Waals surface area contributed by atoms with Gasteiger partial charge in [0.15, 0.2) is 12.6 Å². The molecule has 0 radical (unpaired) electrons. The molecule has 1 fully saturated rings. The number of rotatable bonds is 6. The number of ether oxygens (including phenoxy) is 1. The average Bonchev–Trinajstić information content (AvgIpc) is 3.32. The summed E-state index contributed by atoms with van der Waals surface area (Å²) in [4.78, 5) is 6.90. The van der Waals surface area contributed by atoms with E-state index in [-0.39, 0.29) is 29.7 Å². The van der Waals surface area contributed by atoms with Crippen LogP contribution in [0, 0.1) is 0 Å². The highest BCUT2D eigenvalue weighted by Crippen LogP contribution is 2.27. The van der Waals surface area contributed by atoms with Gasteiger partial charge in [0, 0.05) is 38.8 Å². The third kappa shape index (κ3) is 7.06. The number of nitrogens with zero attached hydrogens (tertiary/aromatic N) is 4. The standard InChI is InChI=1S/C20H26F3N5O.HI/c1-3-24-19(28-8-7-16(13-28)17-11-26-27(2)12-17)25-10-15-5-4-6-18(9-15)29-14-20(21,22)23;/h4-6,9,11-12,16H,3,7-8,10,13-14H2,1-2H3,(H,24,25);1H. The number of aromatic nitrogens is 2. The van der Waals surface area contributed by atoms with Crippen molar-refractivity contribution in [3.05, 3.63) is 47.8 Å². The minimum atomic E-state index is -4.35. The normalized spacial score (nSPS) is 17.0. The molecule has 1 aliphatic heterocycles. The molecule has 0 spiro atoms. The molecule has 6 nitrogen and oxygen atoms in total. The summed E-state index contributed by atoms with van der Waals surface area (Å²) in [6.07, 6.45) is 0.624. The van der Waals surface area contributed by atoms with Crippen molar-refractivity contribution in [2.45, 2.75) is 32.0 Å². The molecule has 1 N–H and O–H groups in total. The zero-order chi connectivity index (χ0) is 20.9. The molecular formula is C20H27F3IN5O. The maximum atomic E-state index is 12.3. The Balaban J connectivity index is 0.00000320. The molecule has 0 aliphatic carbocycles. The number of halogens is 4. The van der Waals surface area contributed by atoms with E-state index in [1.165, 1.54) is 11.6 Å². The van der Waals surface area contributed by atoms with Gasteiger partial charge in [0.2, 0.25) is 0 Å². The smallest absolute Gasteiger partial charge is 0.422 e. The molecule has 30 heavy (non-hydrogen) atoms. The van der Waals surface area contributed by atoms with Gasteiger partial charge in [-0.3, -0.25) is 4.68 Å². The van der Waals surface area contributed by atoms with Crippen LogP contribution >= 0.6 is 24.0 Å². The predicted octanol–water partition coefficient (Wildman–Crippen LogP) is 3.93. The predicted molar refractivity (Wildman–Crippen MR) is 120 cm³/mol. The molecule has 0 amide bonds. The van der Waals surface area contributed by atoms with Crippen molar-refractivity contribution in [2.24, 2.45) is 12.0 Å². The van der Waals surface area contributed by atoms with Crippen LogP contribution in [0.25, 0.3) is 0 Å². The Bertz CT molecular complexity index is 840. The summed E-state index contributed by atoms with van der Waals surface area (Å²) in [5.41, 5.74) is 2.02. The van der Waals surface area contributed by atoms with Crippen LogP contribution in [0.1, 0.15) is 30.4 Å². The summed E-state index contributed by atoms with van der Waals surface area (Å²) < 4.78 is 43.7. The lowest BCUT2D eigenvalue weighted by Crippen LogP contribution is -2.40. The summed E-state index contributed by atoms with van der Waals surface area (Å²) >= 11 is 0. The fourth-order valence-electron chi connectivity index (χ4n) is 3.37. The zero-order valence-corrected chi connectivity index (χ0v) is 19.4. The number of alkyl halides is 3. The van der Waals surface area contributed by atoms with E-state index in [2.05, 4.69) is 20.3 Å². The van der Waals surface area contributed by atoms with Crippen molar-refractivity contribution < 1.29 is 17.9 Å². The number of likely N-dealkylation sites (tertiary alicyclic amines) is 1. The first-order valence-electron chi connectivity index (χ1n) is 9.64. The van der Waals surface area contributed by atoms with E-state index < -0.39 is 12.8 Å². The van der Waals surface area contributed by atoms with Gasteiger partial charge in [-0.05, 0) is 36.6 Å². The molecule has 1 aromatic carbocycles. The van der Waals surface area contributed by atoms with Gasteiger partial charge in [-0.2, -0.15) is 18.3 Å². The first-order valence-corrected chi connectivity index (χ1v) is 9.64. The van der Waals surface area contributed by atoms with Gasteiger partial charge < -0.3 is 15.0 Å². The van der Waals surface area contributed by atoms with E-state index in [1.807, 2.05) is 37.1 Å². The maximum Gasteiger partial charge on any atom is 0.422 e. The monoisotopic (exact) mass is 537 g/mol. The molecule has 3 rings (SSSR count). The number of aryl methyl sites for hydroxylation is 1. The average molecular weight is 537 g/mol. The number of benzene rings is 1. The van der Waals surface area contributed by atoms with Crippen LogP contribution in [0.4, 0.5) is 13.2 Å². The molecule has 1 aromatic heterocycles. The van der Waals surface area contributed by atoms with Gasteiger partial charge >= 0.3 is 6.18 Å². The van der Waals surface area contributed by atoms with Crippen molar-refractivity contribution >= 4 is 29.9 Å². The van der Waals surface area contributed by atoms with Crippen LogP contribution in [-0.4, -0.2) is 53.1 Å². The number of aliphatic imine (C=N–C) groups is 1. The van der Waals surface area contributed by atoms with Crippen LogP contribution in [0.15, 0.2) is 41.7 Å². The molecule has 1 saturated heterocycles. The van der Waals surface area contributed by atoms with Gasteiger partial charge in [0.1, 0.15) is 5.75 Å². The second-order valence-electron chi connectivity index (χ2n) is 7.10. The van der Waals surface area contributed by atoms with Gasteiger partial charge in [-0.25, -0.2) is 4.99 Å². The topological polar surface area (TPSA) is 54.7 Å². The first kappa shape index (κ1) is 24.3. The lowest BCUT2D eigenvalue weighted by Gasteiger charge is -2.21. The van der Waals surface area contributed by atoms with Gasteiger partial charge in [0.25, 0.3) is 0 Å². The Kier molecular flexibility index (Phi) is 8.80. The van der Waals surface area contributed by atoms with Crippen LogP contribution in [0.5, 0.6) is 5.75 Å². The van der Waals surface area contributed by atoms with Crippen molar-refractivity contribution in [1.29, 1.82) is 0 Å². The first-order chi connectivity index (χ1) is 13.8. The molecule has 166 valence electrons. The zero-order valence-electron chi connectivity index (χ0n) is 17.0. The van der Waals surface area contributed by atoms with Gasteiger partial charge in [-0.15, -0.1) is 24.0 Å². The van der Waals surface area contributed by atoms with Gasteiger partial charge in [-0.1, -0.05) is 12.1 Å². The van der Waals surface area contributed by atoms with Crippen molar-refractivity contribution in [2.75, 3.05) is 26.2 Å². The summed E-state index contributed by atoms with van der Waals surface area (Å²) in [5, 5.41) is 7.56. The highest BCUT2D eigenvalue weighted by atomic mass is 127. The number of hydrogen-bond donors (Lipinski definition) is 1. The molecule has 1 aliphatic rings. The SMILES string of the molecule is CCNC(=NCc1cccc(OCC(F)(F)F)c1)N1CCC(c2cnn(C)c2)C1.I. The summed E-state index contributed by atoms with van der Waals surface area (Å²) in [5.74, 6) is 1.41. The number of nitrogens with one attached hydrogen (secondary N) is 1. The molecular weight excluding hydrogens is 510 g/mol. The third-order valence-corrected chi connectivity index (χ3v) is 4.73. The van der Waals surface area contributed by atoms with Crippen molar-refractivity contribution in [3.63, 3.8) is 0 Å².